The van der Waals surface area contributed by atoms with Gasteiger partial charge in [0.25, 0.3) is 5.89 Å². The maximum absolute atomic E-state index is 9.76. The van der Waals surface area contributed by atoms with Gasteiger partial charge in [0.1, 0.15) is 5.75 Å². The summed E-state index contributed by atoms with van der Waals surface area (Å²) in [6.45, 7) is 2.35. The number of aliphatic hydroxyl groups is 1. The highest BCUT2D eigenvalue weighted by atomic mass is 16.5. The summed E-state index contributed by atoms with van der Waals surface area (Å²) in [6.07, 6.45) is 3.18. The molecule has 5 nitrogen and oxygen atoms in total. The fourth-order valence-electron chi connectivity index (χ4n) is 2.48. The van der Waals surface area contributed by atoms with E-state index in [0.29, 0.717) is 5.89 Å². The van der Waals surface area contributed by atoms with Crippen molar-refractivity contribution in [2.45, 2.75) is 45.3 Å². The lowest BCUT2D eigenvalue weighted by atomic mass is 10.1. The highest BCUT2D eigenvalue weighted by molar-refractivity contribution is 5.39. The van der Waals surface area contributed by atoms with E-state index in [1.54, 1.807) is 0 Å². The van der Waals surface area contributed by atoms with E-state index < -0.39 is 0 Å². The molecule has 0 fully saturated rings. The van der Waals surface area contributed by atoms with Crippen molar-refractivity contribution in [2.24, 2.45) is 0 Å². The topological polar surface area (TPSA) is 68.4 Å². The zero-order valence-electron chi connectivity index (χ0n) is 11.5. The second-order valence-electron chi connectivity index (χ2n) is 5.06. The van der Waals surface area contributed by atoms with Gasteiger partial charge < -0.3 is 14.4 Å². The predicted molar refractivity (Wildman–Crippen MR) is 72.3 cm³/mol. The van der Waals surface area contributed by atoms with Crippen LogP contribution in [0.1, 0.15) is 48.7 Å². The maximum atomic E-state index is 9.76. The SMILES string of the molecule is CCCc1noc(COc2ccc3c(c2)CCC3O)n1. The number of hydrogen-bond acceptors (Lipinski definition) is 5. The highest BCUT2D eigenvalue weighted by Gasteiger charge is 2.20. The Labute approximate surface area is 117 Å². The Morgan fingerprint density at radius 2 is 2.35 bits per heavy atom. The first kappa shape index (κ1) is 13.1. The molecule has 0 aliphatic heterocycles. The fourth-order valence-corrected chi connectivity index (χ4v) is 2.48. The van der Waals surface area contributed by atoms with Crippen LogP contribution in [-0.2, 0) is 19.4 Å². The zero-order chi connectivity index (χ0) is 13.9. The third kappa shape index (κ3) is 2.67. The van der Waals surface area contributed by atoms with Crippen molar-refractivity contribution < 1.29 is 14.4 Å². The summed E-state index contributed by atoms with van der Waals surface area (Å²) in [5.41, 5.74) is 2.17. The molecular formula is C15H18N2O3. The van der Waals surface area contributed by atoms with Crippen LogP contribution in [0.5, 0.6) is 5.75 Å². The van der Waals surface area contributed by atoms with Crippen LogP contribution in [0.25, 0.3) is 0 Å². The van der Waals surface area contributed by atoms with Crippen LogP contribution in [0.2, 0.25) is 0 Å². The summed E-state index contributed by atoms with van der Waals surface area (Å²) in [4.78, 5) is 4.26. The van der Waals surface area contributed by atoms with E-state index in [-0.39, 0.29) is 12.7 Å². The lowest BCUT2D eigenvalue weighted by molar-refractivity contribution is 0.180. The predicted octanol–water partition coefficient (Wildman–Crippen LogP) is 2.58. The summed E-state index contributed by atoms with van der Waals surface area (Å²) in [7, 11) is 0. The first-order valence-corrected chi connectivity index (χ1v) is 7.01. The standard InChI is InChI=1S/C15H18N2O3/c1-2-3-14-16-15(20-17-14)9-19-11-5-6-12-10(8-11)4-7-13(12)18/h5-6,8,13,18H,2-4,7,9H2,1H3. The largest absolute Gasteiger partial charge is 0.484 e. The van der Waals surface area contributed by atoms with Gasteiger partial charge in [-0.05, 0) is 42.5 Å². The summed E-state index contributed by atoms with van der Waals surface area (Å²) in [5, 5.41) is 13.6. The first-order valence-electron chi connectivity index (χ1n) is 7.01. The van der Waals surface area contributed by atoms with Crippen LogP contribution in [0.15, 0.2) is 22.7 Å². The van der Waals surface area contributed by atoms with Gasteiger partial charge in [-0.3, -0.25) is 0 Å². The van der Waals surface area contributed by atoms with Gasteiger partial charge in [0.15, 0.2) is 12.4 Å². The zero-order valence-corrected chi connectivity index (χ0v) is 11.5. The number of aromatic nitrogens is 2. The molecule has 3 rings (SSSR count). The Bertz CT molecular complexity index is 595. The average Bonchev–Trinajstić information content (AvgIpc) is 3.04. The molecule has 0 radical (unpaired) electrons. The number of aryl methyl sites for hydroxylation is 2. The lowest BCUT2D eigenvalue weighted by Gasteiger charge is -2.07. The molecule has 5 heteroatoms. The number of fused-ring (bicyclic) bond motifs is 1. The smallest absolute Gasteiger partial charge is 0.264 e. The molecule has 1 unspecified atom stereocenters. The fraction of sp³-hybridized carbons (Fsp3) is 0.467. The Hall–Kier alpha value is -1.88. The van der Waals surface area contributed by atoms with Crippen LogP contribution < -0.4 is 4.74 Å². The average molecular weight is 274 g/mol. The summed E-state index contributed by atoms with van der Waals surface area (Å²) in [5.74, 6) is 1.99. The molecule has 1 N–H and O–H groups in total. The van der Waals surface area contributed by atoms with Crippen LogP contribution in [-0.4, -0.2) is 15.2 Å². The number of aliphatic hydroxyl groups excluding tert-OH is 1. The molecule has 20 heavy (non-hydrogen) atoms. The van der Waals surface area contributed by atoms with Gasteiger partial charge in [0.05, 0.1) is 6.10 Å². The van der Waals surface area contributed by atoms with Crippen LogP contribution in [0.4, 0.5) is 0 Å². The van der Waals surface area contributed by atoms with E-state index in [4.69, 9.17) is 9.26 Å². The van der Waals surface area contributed by atoms with Crippen LogP contribution >= 0.6 is 0 Å². The van der Waals surface area contributed by atoms with E-state index in [9.17, 15) is 5.11 Å². The molecule has 0 bridgehead atoms. The third-order valence-electron chi connectivity index (χ3n) is 3.51. The third-order valence-corrected chi connectivity index (χ3v) is 3.51. The monoisotopic (exact) mass is 274 g/mol. The van der Waals surface area contributed by atoms with Crippen molar-refractivity contribution >= 4 is 0 Å². The molecule has 0 saturated heterocycles. The van der Waals surface area contributed by atoms with Crippen LogP contribution in [0, 0.1) is 0 Å². The van der Waals surface area contributed by atoms with E-state index in [0.717, 1.165) is 48.4 Å². The Kier molecular flexibility index (Phi) is 3.69. The van der Waals surface area contributed by atoms with E-state index in [1.165, 1.54) is 0 Å². The second-order valence-corrected chi connectivity index (χ2v) is 5.06. The summed E-state index contributed by atoms with van der Waals surface area (Å²) >= 11 is 0. The molecule has 1 heterocycles. The second kappa shape index (κ2) is 5.63. The minimum atomic E-state index is -0.327. The Morgan fingerprint density at radius 1 is 1.45 bits per heavy atom. The van der Waals surface area contributed by atoms with Gasteiger partial charge in [0, 0.05) is 6.42 Å². The van der Waals surface area contributed by atoms with Gasteiger partial charge >= 0.3 is 0 Å². The van der Waals surface area contributed by atoms with Gasteiger partial charge in [-0.2, -0.15) is 4.98 Å². The first-order chi connectivity index (χ1) is 9.76. The van der Waals surface area contributed by atoms with E-state index in [2.05, 4.69) is 17.1 Å². The molecule has 0 saturated carbocycles. The van der Waals surface area contributed by atoms with Crippen molar-refractivity contribution in [2.75, 3.05) is 0 Å². The molecule has 0 amide bonds. The van der Waals surface area contributed by atoms with Crippen molar-refractivity contribution in [3.05, 3.63) is 41.0 Å². The molecule has 1 aromatic carbocycles. The molecule has 2 aromatic rings. The molecule has 1 aliphatic rings. The van der Waals surface area contributed by atoms with E-state index >= 15 is 0 Å². The van der Waals surface area contributed by atoms with Gasteiger partial charge in [-0.25, -0.2) is 0 Å². The van der Waals surface area contributed by atoms with Crippen molar-refractivity contribution in [1.82, 2.24) is 10.1 Å². The molecular weight excluding hydrogens is 256 g/mol. The molecule has 106 valence electrons. The minimum absolute atomic E-state index is 0.276. The molecule has 0 spiro atoms. The number of hydrogen-bond donors (Lipinski definition) is 1. The van der Waals surface area contributed by atoms with E-state index in [1.807, 2.05) is 18.2 Å². The maximum Gasteiger partial charge on any atom is 0.264 e. The number of benzene rings is 1. The van der Waals surface area contributed by atoms with Crippen LogP contribution in [0.3, 0.4) is 0 Å². The number of ether oxygens (including phenoxy) is 1. The lowest BCUT2D eigenvalue weighted by Crippen LogP contribution is -1.97. The summed E-state index contributed by atoms with van der Waals surface area (Å²) < 4.78 is 10.8. The number of rotatable bonds is 5. The Balaban J connectivity index is 1.63. The molecule has 1 aliphatic carbocycles. The van der Waals surface area contributed by atoms with Crippen molar-refractivity contribution in [3.8, 4) is 5.75 Å². The van der Waals surface area contributed by atoms with Gasteiger partial charge in [0.2, 0.25) is 0 Å². The number of nitrogens with zero attached hydrogens (tertiary/aromatic N) is 2. The molecule has 1 aromatic heterocycles. The van der Waals surface area contributed by atoms with Crippen molar-refractivity contribution in [1.29, 1.82) is 0 Å². The van der Waals surface area contributed by atoms with Crippen molar-refractivity contribution in [3.63, 3.8) is 0 Å². The normalized spacial score (nSPS) is 17.2. The summed E-state index contributed by atoms with van der Waals surface area (Å²) in [6, 6.07) is 5.78. The van der Waals surface area contributed by atoms with Gasteiger partial charge in [-0.15, -0.1) is 0 Å². The minimum Gasteiger partial charge on any atom is -0.484 e. The highest BCUT2D eigenvalue weighted by Crippen LogP contribution is 2.33. The van der Waals surface area contributed by atoms with Gasteiger partial charge in [-0.1, -0.05) is 18.1 Å². The Morgan fingerprint density at radius 3 is 3.20 bits per heavy atom. The quantitative estimate of drug-likeness (QED) is 0.907. The molecule has 1 atom stereocenters.